The minimum atomic E-state index is -0.430. The van der Waals surface area contributed by atoms with Crippen LogP contribution in [0.4, 0.5) is 4.79 Å². The molecule has 4 N–H and O–H groups in total. The van der Waals surface area contributed by atoms with Gasteiger partial charge in [0.1, 0.15) is 0 Å². The highest BCUT2D eigenvalue weighted by Crippen LogP contribution is 2.06. The Morgan fingerprint density at radius 1 is 1.26 bits per heavy atom. The molecule has 7 nitrogen and oxygen atoms in total. The summed E-state index contributed by atoms with van der Waals surface area (Å²) in [5, 5.41) is 4.90. The number of rotatable bonds is 5. The highest BCUT2D eigenvalue weighted by Gasteiger charge is 2.26. The SMILES string of the molecule is CCNC(=O)NC(=O)C(C)N1CCN(CCN)CC1. The second kappa shape index (κ2) is 8.08. The quantitative estimate of drug-likeness (QED) is 0.584. The van der Waals surface area contributed by atoms with E-state index in [1.54, 1.807) is 0 Å². The predicted octanol–water partition coefficient (Wildman–Crippen LogP) is -1.20. The molecule has 0 bridgehead atoms. The van der Waals surface area contributed by atoms with Gasteiger partial charge in [0.15, 0.2) is 0 Å². The first-order valence-electron chi connectivity index (χ1n) is 6.83. The summed E-state index contributed by atoms with van der Waals surface area (Å²) in [5.74, 6) is -0.252. The van der Waals surface area contributed by atoms with Crippen molar-refractivity contribution in [3.05, 3.63) is 0 Å². The molecule has 1 rings (SSSR count). The topological polar surface area (TPSA) is 90.7 Å². The van der Waals surface area contributed by atoms with Crippen LogP contribution in [0.25, 0.3) is 0 Å². The van der Waals surface area contributed by atoms with Crippen LogP contribution >= 0.6 is 0 Å². The van der Waals surface area contributed by atoms with Gasteiger partial charge < -0.3 is 11.1 Å². The molecule has 1 aliphatic heterocycles. The van der Waals surface area contributed by atoms with Gasteiger partial charge in [-0.1, -0.05) is 0 Å². The lowest BCUT2D eigenvalue weighted by molar-refractivity contribution is -0.125. The summed E-state index contributed by atoms with van der Waals surface area (Å²) >= 11 is 0. The van der Waals surface area contributed by atoms with E-state index in [1.165, 1.54) is 0 Å². The zero-order valence-electron chi connectivity index (χ0n) is 11.8. The fourth-order valence-electron chi connectivity index (χ4n) is 2.14. The minimum absolute atomic E-state index is 0.252. The van der Waals surface area contributed by atoms with E-state index in [0.29, 0.717) is 13.1 Å². The number of piperazine rings is 1. The summed E-state index contributed by atoms with van der Waals surface area (Å²) in [5.41, 5.74) is 5.52. The number of hydrogen-bond donors (Lipinski definition) is 3. The zero-order chi connectivity index (χ0) is 14.3. The smallest absolute Gasteiger partial charge is 0.321 e. The molecule has 0 radical (unpaired) electrons. The normalized spacial score (nSPS) is 18.9. The second-order valence-corrected chi connectivity index (χ2v) is 4.69. The summed E-state index contributed by atoms with van der Waals surface area (Å²) < 4.78 is 0. The fourth-order valence-corrected chi connectivity index (χ4v) is 2.14. The number of amides is 3. The van der Waals surface area contributed by atoms with Gasteiger partial charge in [0.2, 0.25) is 5.91 Å². The third kappa shape index (κ3) is 5.14. The van der Waals surface area contributed by atoms with Gasteiger partial charge in [-0.05, 0) is 13.8 Å². The van der Waals surface area contributed by atoms with E-state index >= 15 is 0 Å². The van der Waals surface area contributed by atoms with Crippen LogP contribution in [-0.4, -0.2) is 73.6 Å². The molecule has 1 atom stereocenters. The largest absolute Gasteiger partial charge is 0.338 e. The number of imide groups is 1. The molecule has 0 aromatic heterocycles. The Morgan fingerprint density at radius 2 is 1.89 bits per heavy atom. The van der Waals surface area contributed by atoms with Crippen LogP contribution in [0.2, 0.25) is 0 Å². The van der Waals surface area contributed by atoms with Gasteiger partial charge in [-0.2, -0.15) is 0 Å². The summed E-state index contributed by atoms with van der Waals surface area (Å²) in [7, 11) is 0. The molecule has 1 unspecified atom stereocenters. The van der Waals surface area contributed by atoms with Crippen molar-refractivity contribution < 1.29 is 9.59 Å². The Labute approximate surface area is 114 Å². The van der Waals surface area contributed by atoms with E-state index in [0.717, 1.165) is 32.7 Å². The van der Waals surface area contributed by atoms with Crippen molar-refractivity contribution in [3.8, 4) is 0 Å². The third-order valence-corrected chi connectivity index (χ3v) is 3.35. The molecule has 19 heavy (non-hydrogen) atoms. The van der Waals surface area contributed by atoms with Crippen LogP contribution in [0.15, 0.2) is 0 Å². The Hall–Kier alpha value is -1.18. The van der Waals surface area contributed by atoms with Crippen LogP contribution in [-0.2, 0) is 4.79 Å². The molecule has 0 spiro atoms. The number of hydrogen-bond acceptors (Lipinski definition) is 5. The maximum absolute atomic E-state index is 11.9. The lowest BCUT2D eigenvalue weighted by Gasteiger charge is -2.37. The van der Waals surface area contributed by atoms with Gasteiger partial charge in [0.25, 0.3) is 0 Å². The molecular formula is C12H25N5O2. The maximum Gasteiger partial charge on any atom is 0.321 e. The summed E-state index contributed by atoms with van der Waals surface area (Å²) in [6, 6.07) is -0.719. The standard InChI is InChI=1S/C12H25N5O2/c1-3-14-12(19)15-11(18)10(2)17-8-6-16(5-4-13)7-9-17/h10H,3-9,13H2,1-2H3,(H2,14,15,18,19). The van der Waals surface area contributed by atoms with Crippen molar-refractivity contribution in [1.29, 1.82) is 0 Å². The number of carbonyl (C=O) groups excluding carboxylic acids is 2. The van der Waals surface area contributed by atoms with Crippen molar-refractivity contribution in [1.82, 2.24) is 20.4 Å². The lowest BCUT2D eigenvalue weighted by Crippen LogP contribution is -2.55. The highest BCUT2D eigenvalue weighted by molar-refractivity contribution is 5.96. The average molecular weight is 271 g/mol. The molecule has 110 valence electrons. The minimum Gasteiger partial charge on any atom is -0.338 e. The molecule has 7 heteroatoms. The van der Waals surface area contributed by atoms with E-state index in [1.807, 2.05) is 13.8 Å². The fraction of sp³-hybridized carbons (Fsp3) is 0.833. The third-order valence-electron chi connectivity index (χ3n) is 3.35. The summed E-state index contributed by atoms with van der Waals surface area (Å²) in [6.45, 7) is 9.17. The first kappa shape index (κ1) is 15.9. The van der Waals surface area contributed by atoms with E-state index in [2.05, 4.69) is 20.4 Å². The predicted molar refractivity (Wildman–Crippen MR) is 73.7 cm³/mol. The van der Waals surface area contributed by atoms with Crippen LogP contribution < -0.4 is 16.4 Å². The molecule has 1 fully saturated rings. The number of nitrogens with one attached hydrogen (secondary N) is 2. The average Bonchev–Trinajstić information content (AvgIpc) is 2.39. The molecular weight excluding hydrogens is 246 g/mol. The molecule has 0 saturated carbocycles. The maximum atomic E-state index is 11.9. The van der Waals surface area contributed by atoms with E-state index in [9.17, 15) is 9.59 Å². The van der Waals surface area contributed by atoms with Gasteiger partial charge in [-0.3, -0.25) is 19.9 Å². The van der Waals surface area contributed by atoms with Crippen LogP contribution in [0.1, 0.15) is 13.8 Å². The van der Waals surface area contributed by atoms with Crippen molar-refractivity contribution in [2.75, 3.05) is 45.8 Å². The number of nitrogens with two attached hydrogens (primary N) is 1. The first-order valence-corrected chi connectivity index (χ1v) is 6.83. The summed E-state index contributed by atoms with van der Waals surface area (Å²) in [6.07, 6.45) is 0. The van der Waals surface area contributed by atoms with Crippen LogP contribution in [0.5, 0.6) is 0 Å². The lowest BCUT2D eigenvalue weighted by atomic mass is 10.2. The molecule has 1 aliphatic rings. The highest BCUT2D eigenvalue weighted by atomic mass is 16.2. The Morgan fingerprint density at radius 3 is 2.42 bits per heavy atom. The Balaban J connectivity index is 2.35. The first-order chi connectivity index (χ1) is 9.08. The second-order valence-electron chi connectivity index (χ2n) is 4.69. The van der Waals surface area contributed by atoms with E-state index in [4.69, 9.17) is 5.73 Å². The molecule has 3 amide bonds. The van der Waals surface area contributed by atoms with Gasteiger partial charge >= 0.3 is 6.03 Å². The van der Waals surface area contributed by atoms with E-state index in [-0.39, 0.29) is 11.9 Å². The van der Waals surface area contributed by atoms with Crippen molar-refractivity contribution >= 4 is 11.9 Å². The van der Waals surface area contributed by atoms with Gasteiger partial charge in [0, 0.05) is 45.8 Å². The van der Waals surface area contributed by atoms with Crippen molar-refractivity contribution in [2.45, 2.75) is 19.9 Å². The van der Waals surface area contributed by atoms with Crippen LogP contribution in [0, 0.1) is 0 Å². The van der Waals surface area contributed by atoms with Gasteiger partial charge in [0.05, 0.1) is 6.04 Å². The molecule has 1 heterocycles. The Kier molecular flexibility index (Phi) is 6.75. The molecule has 1 saturated heterocycles. The number of carbonyl (C=O) groups is 2. The number of urea groups is 1. The monoisotopic (exact) mass is 271 g/mol. The summed E-state index contributed by atoms with van der Waals surface area (Å²) in [4.78, 5) is 27.5. The Bertz CT molecular complexity index is 302. The molecule has 0 aromatic carbocycles. The molecule has 0 aromatic rings. The number of nitrogens with zero attached hydrogens (tertiary/aromatic N) is 2. The van der Waals surface area contributed by atoms with Gasteiger partial charge in [-0.15, -0.1) is 0 Å². The molecule has 0 aliphatic carbocycles. The van der Waals surface area contributed by atoms with Crippen molar-refractivity contribution in [2.24, 2.45) is 5.73 Å². The van der Waals surface area contributed by atoms with Crippen molar-refractivity contribution in [3.63, 3.8) is 0 Å². The van der Waals surface area contributed by atoms with E-state index < -0.39 is 6.03 Å². The van der Waals surface area contributed by atoms with Crippen LogP contribution in [0.3, 0.4) is 0 Å². The van der Waals surface area contributed by atoms with Gasteiger partial charge in [-0.25, -0.2) is 4.79 Å². The zero-order valence-corrected chi connectivity index (χ0v) is 11.8.